The molecule has 5 heteroatoms. The largest absolute Gasteiger partial charge is 0.401 e. The molecule has 0 aromatic carbocycles. The van der Waals surface area contributed by atoms with Crippen LogP contribution in [0.15, 0.2) is 0 Å². The zero-order valence-electron chi connectivity index (χ0n) is 7.93. The second-order valence-corrected chi connectivity index (χ2v) is 3.26. The predicted molar refractivity (Wildman–Crippen MR) is 44.5 cm³/mol. The van der Waals surface area contributed by atoms with Gasteiger partial charge >= 0.3 is 6.18 Å². The van der Waals surface area contributed by atoms with Crippen molar-refractivity contribution in [3.63, 3.8) is 0 Å². The molecular weight excluding hydrogens is 183 g/mol. The highest BCUT2D eigenvalue weighted by Crippen LogP contribution is 2.17. The van der Waals surface area contributed by atoms with Crippen LogP contribution in [0, 0.1) is 0 Å². The van der Waals surface area contributed by atoms with Gasteiger partial charge in [0.25, 0.3) is 0 Å². The molecule has 0 radical (unpaired) electrons. The van der Waals surface area contributed by atoms with Gasteiger partial charge in [0, 0.05) is 19.2 Å². The van der Waals surface area contributed by atoms with Crippen molar-refractivity contribution >= 4 is 0 Å². The maximum atomic E-state index is 12.0. The number of halogens is 3. The van der Waals surface area contributed by atoms with Crippen LogP contribution in [0.2, 0.25) is 0 Å². The van der Waals surface area contributed by atoms with Crippen LogP contribution < -0.4 is 0 Å². The second kappa shape index (κ2) is 5.44. The van der Waals surface area contributed by atoms with Gasteiger partial charge in [-0.05, 0) is 20.3 Å². The van der Waals surface area contributed by atoms with E-state index in [1.807, 2.05) is 0 Å². The average molecular weight is 199 g/mol. The zero-order valence-corrected chi connectivity index (χ0v) is 7.93. The summed E-state index contributed by atoms with van der Waals surface area (Å²) >= 11 is 0. The van der Waals surface area contributed by atoms with E-state index in [9.17, 15) is 13.2 Å². The third-order valence-corrected chi connectivity index (χ3v) is 1.72. The summed E-state index contributed by atoms with van der Waals surface area (Å²) in [6, 6.07) is -0.145. The number of nitrogens with zero attached hydrogens (tertiary/aromatic N) is 1. The molecule has 0 fully saturated rings. The summed E-state index contributed by atoms with van der Waals surface area (Å²) in [5, 5.41) is 8.49. The lowest BCUT2D eigenvalue weighted by molar-refractivity contribution is -0.149. The van der Waals surface area contributed by atoms with Gasteiger partial charge in [-0.3, -0.25) is 4.90 Å². The molecule has 0 spiro atoms. The molecule has 0 saturated heterocycles. The molecule has 0 saturated carbocycles. The summed E-state index contributed by atoms with van der Waals surface area (Å²) in [6.45, 7) is 2.74. The molecule has 0 amide bonds. The van der Waals surface area contributed by atoms with Crippen molar-refractivity contribution in [3.8, 4) is 0 Å². The summed E-state index contributed by atoms with van der Waals surface area (Å²) in [7, 11) is 0. The minimum atomic E-state index is -4.15. The Bertz CT molecular complexity index is 136. The van der Waals surface area contributed by atoms with Crippen molar-refractivity contribution in [2.75, 3.05) is 19.7 Å². The summed E-state index contributed by atoms with van der Waals surface area (Å²) < 4.78 is 36.0. The van der Waals surface area contributed by atoms with E-state index in [0.717, 1.165) is 0 Å². The van der Waals surface area contributed by atoms with Crippen LogP contribution >= 0.6 is 0 Å². The number of hydrogen-bond acceptors (Lipinski definition) is 2. The van der Waals surface area contributed by atoms with Crippen molar-refractivity contribution in [3.05, 3.63) is 0 Å². The molecule has 0 unspecified atom stereocenters. The number of hydrogen-bond donors (Lipinski definition) is 1. The van der Waals surface area contributed by atoms with E-state index in [4.69, 9.17) is 5.11 Å². The van der Waals surface area contributed by atoms with Crippen LogP contribution in [0.25, 0.3) is 0 Å². The lowest BCUT2D eigenvalue weighted by Gasteiger charge is -2.26. The van der Waals surface area contributed by atoms with E-state index >= 15 is 0 Å². The fraction of sp³-hybridized carbons (Fsp3) is 1.00. The van der Waals surface area contributed by atoms with Gasteiger partial charge in [-0.25, -0.2) is 0 Å². The molecular formula is C8H16F3NO. The number of alkyl halides is 3. The third-order valence-electron chi connectivity index (χ3n) is 1.72. The Kier molecular flexibility index (Phi) is 5.32. The van der Waals surface area contributed by atoms with Crippen LogP contribution in [0.3, 0.4) is 0 Å². The number of aliphatic hydroxyl groups is 1. The normalized spacial score (nSPS) is 12.9. The Hall–Kier alpha value is -0.290. The number of aliphatic hydroxyl groups excluding tert-OH is 1. The SMILES string of the molecule is CC(C)N(CCCO)CC(F)(F)F. The summed E-state index contributed by atoms with van der Waals surface area (Å²) in [5.41, 5.74) is 0. The monoisotopic (exact) mass is 199 g/mol. The van der Waals surface area contributed by atoms with Crippen LogP contribution in [0.4, 0.5) is 13.2 Å². The molecule has 2 nitrogen and oxygen atoms in total. The summed E-state index contributed by atoms with van der Waals surface area (Å²) in [5.74, 6) is 0. The van der Waals surface area contributed by atoms with Gasteiger partial charge in [-0.1, -0.05) is 0 Å². The predicted octanol–water partition coefficient (Wildman–Crippen LogP) is 1.64. The highest BCUT2D eigenvalue weighted by Gasteiger charge is 2.31. The molecule has 0 heterocycles. The molecule has 0 aliphatic rings. The molecule has 0 bridgehead atoms. The highest BCUT2D eigenvalue weighted by atomic mass is 19.4. The van der Waals surface area contributed by atoms with E-state index in [1.54, 1.807) is 13.8 Å². The van der Waals surface area contributed by atoms with Crippen molar-refractivity contribution < 1.29 is 18.3 Å². The van der Waals surface area contributed by atoms with Crippen molar-refractivity contribution in [1.29, 1.82) is 0 Å². The van der Waals surface area contributed by atoms with E-state index in [2.05, 4.69) is 0 Å². The Balaban J connectivity index is 3.95. The topological polar surface area (TPSA) is 23.5 Å². The minimum absolute atomic E-state index is 0.0684. The zero-order chi connectivity index (χ0) is 10.5. The summed E-state index contributed by atoms with van der Waals surface area (Å²) in [4.78, 5) is 1.30. The summed E-state index contributed by atoms with van der Waals surface area (Å²) in [6.07, 6.45) is -3.77. The quantitative estimate of drug-likeness (QED) is 0.727. The lowest BCUT2D eigenvalue weighted by Crippen LogP contribution is -2.39. The van der Waals surface area contributed by atoms with Crippen LogP contribution in [-0.2, 0) is 0 Å². The molecule has 0 aromatic rings. The van der Waals surface area contributed by atoms with Gasteiger partial charge in [0.05, 0.1) is 6.54 Å². The lowest BCUT2D eigenvalue weighted by atomic mass is 10.3. The van der Waals surface area contributed by atoms with Gasteiger partial charge in [-0.15, -0.1) is 0 Å². The third kappa shape index (κ3) is 6.83. The molecule has 1 N–H and O–H groups in total. The molecule has 0 aliphatic heterocycles. The second-order valence-electron chi connectivity index (χ2n) is 3.26. The van der Waals surface area contributed by atoms with Crippen LogP contribution in [-0.4, -0.2) is 41.9 Å². The first kappa shape index (κ1) is 12.7. The molecule has 0 atom stereocenters. The average Bonchev–Trinajstić information content (AvgIpc) is 1.95. The van der Waals surface area contributed by atoms with Crippen molar-refractivity contribution in [1.82, 2.24) is 4.90 Å². The Morgan fingerprint density at radius 1 is 1.31 bits per heavy atom. The fourth-order valence-electron chi connectivity index (χ4n) is 1.02. The van der Waals surface area contributed by atoms with Gasteiger partial charge in [-0.2, -0.15) is 13.2 Å². The maximum absolute atomic E-state index is 12.0. The first-order valence-electron chi connectivity index (χ1n) is 4.28. The Morgan fingerprint density at radius 3 is 2.15 bits per heavy atom. The first-order valence-corrected chi connectivity index (χ1v) is 4.28. The smallest absolute Gasteiger partial charge is 0.396 e. The van der Waals surface area contributed by atoms with E-state index < -0.39 is 12.7 Å². The van der Waals surface area contributed by atoms with Crippen molar-refractivity contribution in [2.24, 2.45) is 0 Å². The van der Waals surface area contributed by atoms with E-state index in [-0.39, 0.29) is 19.2 Å². The fourth-order valence-corrected chi connectivity index (χ4v) is 1.02. The Labute approximate surface area is 76.3 Å². The Morgan fingerprint density at radius 2 is 1.85 bits per heavy atom. The first-order chi connectivity index (χ1) is 5.87. The molecule has 0 aliphatic carbocycles. The van der Waals surface area contributed by atoms with Crippen molar-refractivity contribution in [2.45, 2.75) is 32.5 Å². The van der Waals surface area contributed by atoms with Crippen LogP contribution in [0.1, 0.15) is 20.3 Å². The van der Waals surface area contributed by atoms with Gasteiger partial charge < -0.3 is 5.11 Å². The van der Waals surface area contributed by atoms with Crippen LogP contribution in [0.5, 0.6) is 0 Å². The molecule has 0 aromatic heterocycles. The highest BCUT2D eigenvalue weighted by molar-refractivity contribution is 4.66. The van der Waals surface area contributed by atoms with E-state index in [0.29, 0.717) is 6.42 Å². The minimum Gasteiger partial charge on any atom is -0.396 e. The standard InChI is InChI=1S/C8H16F3NO/c1-7(2)12(4-3-5-13)6-8(9,10)11/h7,13H,3-6H2,1-2H3. The van der Waals surface area contributed by atoms with Gasteiger partial charge in [0.2, 0.25) is 0 Å². The molecule has 0 rings (SSSR count). The van der Waals surface area contributed by atoms with E-state index in [1.165, 1.54) is 4.90 Å². The van der Waals surface area contributed by atoms with Gasteiger partial charge in [0.15, 0.2) is 0 Å². The maximum Gasteiger partial charge on any atom is 0.401 e. The number of rotatable bonds is 5. The molecule has 80 valence electrons. The molecule has 13 heavy (non-hydrogen) atoms. The van der Waals surface area contributed by atoms with Gasteiger partial charge in [0.1, 0.15) is 0 Å².